The van der Waals surface area contributed by atoms with E-state index in [1.54, 1.807) is 0 Å². The molecule has 1 amide bonds. The van der Waals surface area contributed by atoms with Crippen LogP contribution >= 0.6 is 0 Å². The molecule has 2 unspecified atom stereocenters. The predicted octanol–water partition coefficient (Wildman–Crippen LogP) is 1.96. The Bertz CT molecular complexity index is 472. The van der Waals surface area contributed by atoms with Crippen LogP contribution in [-0.4, -0.2) is 29.9 Å². The van der Waals surface area contributed by atoms with Crippen LogP contribution in [0.2, 0.25) is 0 Å². The highest BCUT2D eigenvalue weighted by atomic mass is 16.2. The number of hydrogen-bond donors (Lipinski definition) is 1. The highest BCUT2D eigenvalue weighted by molar-refractivity contribution is 5.82. The number of amides is 1. The molecule has 3 nitrogen and oxygen atoms in total. The maximum Gasteiger partial charge on any atom is 0.240 e. The van der Waals surface area contributed by atoms with Gasteiger partial charge in [-0.3, -0.25) is 4.79 Å². The Morgan fingerprint density at radius 2 is 2.11 bits per heavy atom. The molecule has 2 aliphatic heterocycles. The minimum Gasteiger partial charge on any atom is -0.337 e. The minimum absolute atomic E-state index is 0.0327. The zero-order valence-corrected chi connectivity index (χ0v) is 11.6. The van der Waals surface area contributed by atoms with Crippen molar-refractivity contribution in [3.8, 4) is 0 Å². The molecule has 1 saturated heterocycles. The predicted molar refractivity (Wildman–Crippen MR) is 75.8 cm³/mol. The van der Waals surface area contributed by atoms with Crippen molar-refractivity contribution < 1.29 is 4.79 Å². The molecule has 2 atom stereocenters. The van der Waals surface area contributed by atoms with Gasteiger partial charge in [0.25, 0.3) is 0 Å². The third-order valence-electron chi connectivity index (χ3n) is 4.46. The Morgan fingerprint density at radius 3 is 2.84 bits per heavy atom. The summed E-state index contributed by atoms with van der Waals surface area (Å²) in [6, 6.07) is 8.55. The molecule has 3 rings (SSSR count). The number of nitrogens with one attached hydrogen (secondary N) is 1. The second-order valence-corrected chi connectivity index (χ2v) is 5.83. The van der Waals surface area contributed by atoms with E-state index < -0.39 is 0 Å². The Labute approximate surface area is 115 Å². The van der Waals surface area contributed by atoms with Gasteiger partial charge in [0.2, 0.25) is 5.91 Å². The number of hydrogen-bond acceptors (Lipinski definition) is 2. The molecule has 0 bridgehead atoms. The van der Waals surface area contributed by atoms with E-state index in [1.165, 1.54) is 11.1 Å². The number of aryl methyl sites for hydroxylation is 1. The quantitative estimate of drug-likeness (QED) is 0.835. The maximum absolute atomic E-state index is 12.6. The average molecular weight is 258 g/mol. The first kappa shape index (κ1) is 12.7. The van der Waals surface area contributed by atoms with E-state index in [4.69, 9.17) is 0 Å². The monoisotopic (exact) mass is 258 g/mol. The fraction of sp³-hybridized carbons (Fsp3) is 0.562. The maximum atomic E-state index is 12.6. The molecule has 1 aromatic rings. The molecule has 0 aliphatic carbocycles. The first-order valence-electron chi connectivity index (χ1n) is 7.34. The lowest BCUT2D eigenvalue weighted by atomic mass is 10.0. The first-order valence-corrected chi connectivity index (χ1v) is 7.34. The van der Waals surface area contributed by atoms with Crippen LogP contribution in [0.3, 0.4) is 0 Å². The molecule has 0 radical (unpaired) electrons. The van der Waals surface area contributed by atoms with Crippen LogP contribution in [0.5, 0.6) is 0 Å². The molecule has 1 fully saturated rings. The molecule has 2 heterocycles. The summed E-state index contributed by atoms with van der Waals surface area (Å²) in [5.74, 6) is 0.757. The summed E-state index contributed by atoms with van der Waals surface area (Å²) in [5.41, 5.74) is 2.73. The zero-order chi connectivity index (χ0) is 13.2. The van der Waals surface area contributed by atoms with Crippen molar-refractivity contribution in [3.63, 3.8) is 0 Å². The van der Waals surface area contributed by atoms with Crippen LogP contribution in [0, 0.1) is 5.92 Å². The summed E-state index contributed by atoms with van der Waals surface area (Å²) in [4.78, 5) is 14.7. The van der Waals surface area contributed by atoms with E-state index in [0.29, 0.717) is 11.8 Å². The second-order valence-electron chi connectivity index (χ2n) is 5.83. The summed E-state index contributed by atoms with van der Waals surface area (Å²) < 4.78 is 0. The summed E-state index contributed by atoms with van der Waals surface area (Å²) in [6.07, 6.45) is 3.28. The molecule has 0 aromatic heterocycles. The Morgan fingerprint density at radius 1 is 1.32 bits per heavy atom. The number of carbonyl (C=O) groups is 1. The standard InChI is InChI=1S/C16H22N2O/c1-12-8-9-17-15(12)16(19)18-10-4-7-13-5-2-3-6-14(13)11-18/h2-3,5-6,12,15,17H,4,7-11H2,1H3. The van der Waals surface area contributed by atoms with Gasteiger partial charge in [0.15, 0.2) is 0 Å². The van der Waals surface area contributed by atoms with Gasteiger partial charge in [-0.25, -0.2) is 0 Å². The molecular weight excluding hydrogens is 236 g/mol. The normalized spacial score (nSPS) is 26.9. The van der Waals surface area contributed by atoms with Crippen LogP contribution in [0.1, 0.15) is 30.9 Å². The van der Waals surface area contributed by atoms with Crippen LogP contribution in [-0.2, 0) is 17.8 Å². The molecule has 0 spiro atoms. The summed E-state index contributed by atoms with van der Waals surface area (Å²) in [5, 5.41) is 3.36. The number of rotatable bonds is 1. The van der Waals surface area contributed by atoms with Gasteiger partial charge < -0.3 is 10.2 Å². The van der Waals surface area contributed by atoms with Crippen LogP contribution in [0.25, 0.3) is 0 Å². The van der Waals surface area contributed by atoms with Crippen molar-refractivity contribution in [1.82, 2.24) is 10.2 Å². The molecule has 19 heavy (non-hydrogen) atoms. The van der Waals surface area contributed by atoms with Gasteiger partial charge in [0.05, 0.1) is 6.04 Å². The highest BCUT2D eigenvalue weighted by Crippen LogP contribution is 2.22. The average Bonchev–Trinajstić information content (AvgIpc) is 2.73. The lowest BCUT2D eigenvalue weighted by Gasteiger charge is -2.26. The third kappa shape index (κ3) is 2.52. The molecule has 0 saturated carbocycles. The lowest BCUT2D eigenvalue weighted by molar-refractivity contribution is -0.134. The summed E-state index contributed by atoms with van der Waals surface area (Å²) in [6.45, 7) is 4.81. The SMILES string of the molecule is CC1CCNC1C(=O)N1CCCc2ccccc2C1. The largest absolute Gasteiger partial charge is 0.337 e. The third-order valence-corrected chi connectivity index (χ3v) is 4.46. The molecule has 3 heteroatoms. The van der Waals surface area contributed by atoms with Crippen LogP contribution in [0.15, 0.2) is 24.3 Å². The van der Waals surface area contributed by atoms with E-state index in [2.05, 4.69) is 36.5 Å². The first-order chi connectivity index (χ1) is 9.25. The van der Waals surface area contributed by atoms with E-state index in [-0.39, 0.29) is 6.04 Å². The van der Waals surface area contributed by atoms with Gasteiger partial charge in [0, 0.05) is 13.1 Å². The minimum atomic E-state index is 0.0327. The Balaban J connectivity index is 1.77. The van der Waals surface area contributed by atoms with Gasteiger partial charge >= 0.3 is 0 Å². The Kier molecular flexibility index (Phi) is 3.56. The van der Waals surface area contributed by atoms with E-state index in [0.717, 1.165) is 38.9 Å². The Hall–Kier alpha value is -1.35. The van der Waals surface area contributed by atoms with Crippen molar-refractivity contribution in [3.05, 3.63) is 35.4 Å². The smallest absolute Gasteiger partial charge is 0.240 e. The van der Waals surface area contributed by atoms with Gasteiger partial charge in [-0.2, -0.15) is 0 Å². The van der Waals surface area contributed by atoms with Gasteiger partial charge in [-0.1, -0.05) is 31.2 Å². The topological polar surface area (TPSA) is 32.3 Å². The van der Waals surface area contributed by atoms with Gasteiger partial charge in [-0.15, -0.1) is 0 Å². The number of carbonyl (C=O) groups excluding carboxylic acids is 1. The zero-order valence-electron chi connectivity index (χ0n) is 11.6. The fourth-order valence-corrected chi connectivity index (χ4v) is 3.25. The van der Waals surface area contributed by atoms with Crippen LogP contribution in [0.4, 0.5) is 0 Å². The fourth-order valence-electron chi connectivity index (χ4n) is 3.25. The van der Waals surface area contributed by atoms with E-state index >= 15 is 0 Å². The number of fused-ring (bicyclic) bond motifs is 1. The van der Waals surface area contributed by atoms with E-state index in [1.807, 2.05) is 4.90 Å². The number of nitrogens with zero attached hydrogens (tertiary/aromatic N) is 1. The van der Waals surface area contributed by atoms with Crippen molar-refractivity contribution in [1.29, 1.82) is 0 Å². The molecular formula is C16H22N2O. The molecule has 102 valence electrons. The summed E-state index contributed by atoms with van der Waals surface area (Å²) in [7, 11) is 0. The highest BCUT2D eigenvalue weighted by Gasteiger charge is 2.33. The molecule has 1 N–H and O–H groups in total. The van der Waals surface area contributed by atoms with Crippen molar-refractivity contribution >= 4 is 5.91 Å². The van der Waals surface area contributed by atoms with Crippen LogP contribution < -0.4 is 5.32 Å². The summed E-state index contributed by atoms with van der Waals surface area (Å²) >= 11 is 0. The van der Waals surface area contributed by atoms with Crippen molar-refractivity contribution in [2.75, 3.05) is 13.1 Å². The lowest BCUT2D eigenvalue weighted by Crippen LogP contribution is -2.45. The number of benzene rings is 1. The molecule has 2 aliphatic rings. The van der Waals surface area contributed by atoms with Crippen molar-refractivity contribution in [2.24, 2.45) is 5.92 Å². The van der Waals surface area contributed by atoms with Gasteiger partial charge in [0.1, 0.15) is 0 Å². The van der Waals surface area contributed by atoms with Crippen molar-refractivity contribution in [2.45, 2.75) is 38.8 Å². The van der Waals surface area contributed by atoms with E-state index in [9.17, 15) is 4.79 Å². The molecule has 1 aromatic carbocycles. The van der Waals surface area contributed by atoms with Gasteiger partial charge in [-0.05, 0) is 42.9 Å². The second kappa shape index (κ2) is 5.33.